The molecule has 0 aliphatic rings. The van der Waals surface area contributed by atoms with E-state index in [1.54, 1.807) is 7.11 Å². The molecule has 0 atom stereocenters. The van der Waals surface area contributed by atoms with Crippen molar-refractivity contribution in [1.82, 2.24) is 0 Å². The summed E-state index contributed by atoms with van der Waals surface area (Å²) in [6, 6.07) is 16.0. The van der Waals surface area contributed by atoms with Gasteiger partial charge in [-0.2, -0.15) is 0 Å². The van der Waals surface area contributed by atoms with Crippen molar-refractivity contribution >= 4 is 34.7 Å². The lowest BCUT2D eigenvalue weighted by Crippen LogP contribution is -3.00. The first kappa shape index (κ1) is 17.3. The van der Waals surface area contributed by atoms with Crippen molar-refractivity contribution in [2.75, 3.05) is 7.11 Å². The van der Waals surface area contributed by atoms with Crippen LogP contribution in [-0.2, 0) is 7.05 Å². The molecule has 1 aromatic heterocycles. The second-order valence-corrected chi connectivity index (χ2v) is 5.59. The van der Waals surface area contributed by atoms with Crippen LogP contribution in [0.4, 0.5) is 0 Å². The minimum absolute atomic E-state index is 0. The smallest absolute Gasteiger partial charge is 0.212 e. The maximum Gasteiger partial charge on any atom is 0.212 e. The zero-order valence-electron chi connectivity index (χ0n) is 13.0. The summed E-state index contributed by atoms with van der Waals surface area (Å²) in [7, 11) is 3.71. The lowest BCUT2D eigenvalue weighted by molar-refractivity contribution is -0.644. The van der Waals surface area contributed by atoms with Crippen molar-refractivity contribution in [2.24, 2.45) is 7.05 Å². The van der Waals surface area contributed by atoms with Crippen molar-refractivity contribution in [1.29, 1.82) is 0 Å². The van der Waals surface area contributed by atoms with E-state index in [0.29, 0.717) is 0 Å². The number of nitrogens with zero attached hydrogens (tertiary/aromatic N) is 1. The molecule has 0 aliphatic heterocycles. The topological polar surface area (TPSA) is 13.1 Å². The van der Waals surface area contributed by atoms with E-state index in [9.17, 15) is 0 Å². The Kier molecular flexibility index (Phi) is 5.64. The SMILES string of the molecule is COc1ccc(/C=C/c2cc[n+](C)c3ccc(Cl)cc23)cc1.[Cl-]. The van der Waals surface area contributed by atoms with Gasteiger partial charge in [0.1, 0.15) is 12.8 Å². The third-order valence-corrected chi connectivity index (χ3v) is 3.93. The molecule has 0 bridgehead atoms. The highest BCUT2D eigenvalue weighted by Gasteiger charge is 2.08. The molecular formula is C19H17Cl2NO. The average molecular weight is 346 g/mol. The van der Waals surface area contributed by atoms with Crippen LogP contribution in [0.3, 0.4) is 0 Å². The summed E-state index contributed by atoms with van der Waals surface area (Å²) in [4.78, 5) is 0. The Bertz CT molecular complexity index is 842. The molecule has 3 rings (SSSR count). The van der Waals surface area contributed by atoms with Gasteiger partial charge in [0.05, 0.1) is 12.5 Å². The van der Waals surface area contributed by atoms with Crippen LogP contribution >= 0.6 is 11.6 Å². The van der Waals surface area contributed by atoms with Crippen LogP contribution in [0.15, 0.2) is 54.7 Å². The van der Waals surface area contributed by atoms with Crippen LogP contribution in [0.1, 0.15) is 11.1 Å². The zero-order valence-corrected chi connectivity index (χ0v) is 14.5. The fourth-order valence-corrected chi connectivity index (χ4v) is 2.63. The summed E-state index contributed by atoms with van der Waals surface area (Å²) in [6.07, 6.45) is 6.26. The molecule has 3 aromatic rings. The quantitative estimate of drug-likeness (QED) is 0.655. The van der Waals surface area contributed by atoms with Gasteiger partial charge in [0, 0.05) is 17.2 Å². The number of pyridine rings is 1. The summed E-state index contributed by atoms with van der Waals surface area (Å²) in [5.74, 6) is 0.862. The van der Waals surface area contributed by atoms with Crippen molar-refractivity contribution < 1.29 is 21.7 Å². The average Bonchev–Trinajstić information content (AvgIpc) is 2.54. The van der Waals surface area contributed by atoms with Crippen LogP contribution in [0.5, 0.6) is 5.75 Å². The molecule has 1 heterocycles. The number of hydrogen-bond donors (Lipinski definition) is 0. The van der Waals surface area contributed by atoms with Crippen LogP contribution in [0.2, 0.25) is 5.02 Å². The fraction of sp³-hybridized carbons (Fsp3) is 0.105. The van der Waals surface area contributed by atoms with Gasteiger partial charge in [-0.05, 0) is 35.4 Å². The molecule has 2 aromatic carbocycles. The maximum absolute atomic E-state index is 6.15. The van der Waals surface area contributed by atoms with E-state index < -0.39 is 0 Å². The standard InChI is InChI=1S/C19H17ClNO.ClH/c1-21-12-11-15(18-13-16(20)7-10-19(18)21)6-3-14-4-8-17(22-2)9-5-14;/h3-13H,1-2H3;1H/q+1;/p-1/b6-3+;. The lowest BCUT2D eigenvalue weighted by atomic mass is 10.1. The van der Waals surface area contributed by atoms with Gasteiger partial charge in [0.25, 0.3) is 0 Å². The Morgan fingerprint density at radius 3 is 2.43 bits per heavy atom. The number of aryl methyl sites for hydroxylation is 1. The van der Waals surface area contributed by atoms with Crippen LogP contribution in [0.25, 0.3) is 23.1 Å². The Hall–Kier alpha value is -2.03. The first-order valence-electron chi connectivity index (χ1n) is 7.07. The highest BCUT2D eigenvalue weighted by molar-refractivity contribution is 6.31. The minimum atomic E-state index is 0. The van der Waals surface area contributed by atoms with Crippen LogP contribution < -0.4 is 21.7 Å². The van der Waals surface area contributed by atoms with Crippen molar-refractivity contribution in [3.63, 3.8) is 0 Å². The number of ether oxygens (including phenoxy) is 1. The van der Waals surface area contributed by atoms with Gasteiger partial charge in [0.15, 0.2) is 6.20 Å². The molecule has 0 radical (unpaired) electrons. The molecule has 0 fully saturated rings. The Morgan fingerprint density at radius 1 is 1.00 bits per heavy atom. The first-order chi connectivity index (χ1) is 10.7. The molecular weight excluding hydrogens is 329 g/mol. The number of fused-ring (bicyclic) bond motifs is 1. The highest BCUT2D eigenvalue weighted by Crippen LogP contribution is 2.22. The van der Waals surface area contributed by atoms with E-state index >= 15 is 0 Å². The van der Waals surface area contributed by atoms with Gasteiger partial charge in [-0.25, -0.2) is 4.57 Å². The van der Waals surface area contributed by atoms with Gasteiger partial charge < -0.3 is 17.1 Å². The minimum Gasteiger partial charge on any atom is -1.00 e. The van der Waals surface area contributed by atoms with Crippen LogP contribution in [-0.4, -0.2) is 7.11 Å². The number of halogens is 2. The molecule has 0 saturated carbocycles. The molecule has 4 heteroatoms. The predicted octanol–water partition coefficient (Wildman–Crippen LogP) is 1.50. The maximum atomic E-state index is 6.15. The second-order valence-electron chi connectivity index (χ2n) is 5.15. The summed E-state index contributed by atoms with van der Waals surface area (Å²) < 4.78 is 7.27. The van der Waals surface area contributed by atoms with Gasteiger partial charge in [-0.15, -0.1) is 0 Å². The van der Waals surface area contributed by atoms with Crippen molar-refractivity contribution in [3.05, 3.63) is 70.9 Å². The molecule has 0 spiro atoms. The van der Waals surface area contributed by atoms with Crippen molar-refractivity contribution in [3.8, 4) is 5.75 Å². The molecule has 0 N–H and O–H groups in total. The summed E-state index contributed by atoms with van der Waals surface area (Å²) in [6.45, 7) is 0. The lowest BCUT2D eigenvalue weighted by Gasteiger charge is -2.02. The molecule has 0 unspecified atom stereocenters. The molecule has 23 heavy (non-hydrogen) atoms. The molecule has 118 valence electrons. The summed E-state index contributed by atoms with van der Waals surface area (Å²) in [5.41, 5.74) is 3.43. The van der Waals surface area contributed by atoms with Crippen molar-refractivity contribution in [2.45, 2.75) is 0 Å². The fourth-order valence-electron chi connectivity index (χ4n) is 2.46. The van der Waals surface area contributed by atoms with Gasteiger partial charge in [0.2, 0.25) is 5.52 Å². The van der Waals surface area contributed by atoms with Gasteiger partial charge in [-0.3, -0.25) is 0 Å². The van der Waals surface area contributed by atoms with Crippen LogP contribution in [0, 0.1) is 0 Å². The van der Waals surface area contributed by atoms with E-state index in [0.717, 1.165) is 32.8 Å². The van der Waals surface area contributed by atoms with E-state index in [1.165, 1.54) is 0 Å². The Balaban J connectivity index is 0.00000192. The largest absolute Gasteiger partial charge is 1.00 e. The third kappa shape index (κ3) is 3.84. The molecule has 0 saturated heterocycles. The Morgan fingerprint density at radius 2 is 1.74 bits per heavy atom. The number of rotatable bonds is 3. The number of hydrogen-bond acceptors (Lipinski definition) is 1. The van der Waals surface area contributed by atoms with Gasteiger partial charge in [-0.1, -0.05) is 35.9 Å². The zero-order chi connectivity index (χ0) is 15.5. The second kappa shape index (κ2) is 7.49. The predicted molar refractivity (Wildman–Crippen MR) is 92.1 cm³/mol. The molecule has 2 nitrogen and oxygen atoms in total. The van der Waals surface area contributed by atoms with Gasteiger partial charge >= 0.3 is 0 Å². The summed E-state index contributed by atoms with van der Waals surface area (Å²) in [5, 5.41) is 1.89. The molecule has 0 amide bonds. The van der Waals surface area contributed by atoms with E-state index in [2.05, 4.69) is 29.0 Å². The van der Waals surface area contributed by atoms with E-state index in [1.807, 2.05) is 49.5 Å². The monoisotopic (exact) mass is 345 g/mol. The molecule has 0 aliphatic carbocycles. The summed E-state index contributed by atoms with van der Waals surface area (Å²) >= 11 is 6.15. The van der Waals surface area contributed by atoms with E-state index in [4.69, 9.17) is 16.3 Å². The number of aromatic nitrogens is 1. The number of benzene rings is 2. The normalized spacial score (nSPS) is 10.7. The third-order valence-electron chi connectivity index (χ3n) is 3.70. The van der Waals surface area contributed by atoms with E-state index in [-0.39, 0.29) is 12.4 Å². The Labute approximate surface area is 147 Å². The highest BCUT2D eigenvalue weighted by atomic mass is 35.5. The first-order valence-corrected chi connectivity index (χ1v) is 7.45. The number of methoxy groups -OCH3 is 1.